The number of likely N-dealkylation sites (tertiary alicyclic amines) is 1. The lowest BCUT2D eigenvalue weighted by Crippen LogP contribution is -2.35. The van der Waals surface area contributed by atoms with Crippen LogP contribution >= 0.6 is 23.7 Å². The molecule has 5 rings (SSSR count). The summed E-state index contributed by atoms with van der Waals surface area (Å²) in [5.74, 6) is 4.81. The molecule has 0 saturated carbocycles. The van der Waals surface area contributed by atoms with Crippen LogP contribution in [0, 0.1) is 12.3 Å². The summed E-state index contributed by atoms with van der Waals surface area (Å²) >= 11 is 1.54. The molecular weight excluding hydrogens is 482 g/mol. The fraction of sp³-hybridized carbons (Fsp3) is 0.269. The van der Waals surface area contributed by atoms with Crippen LogP contribution in [0.25, 0.3) is 10.9 Å². The zero-order valence-corrected chi connectivity index (χ0v) is 20.9. The van der Waals surface area contributed by atoms with E-state index in [1.165, 1.54) is 11.3 Å². The van der Waals surface area contributed by atoms with E-state index in [1.54, 1.807) is 11.8 Å². The van der Waals surface area contributed by atoms with Crippen molar-refractivity contribution in [2.24, 2.45) is 0 Å². The van der Waals surface area contributed by atoms with Crippen molar-refractivity contribution in [3.63, 3.8) is 0 Å². The van der Waals surface area contributed by atoms with Crippen LogP contribution in [0.1, 0.15) is 24.1 Å². The Morgan fingerprint density at radius 3 is 2.77 bits per heavy atom. The maximum Gasteiger partial charge on any atom is 0.145 e. The second-order valence-electron chi connectivity index (χ2n) is 8.24. The first-order valence-electron chi connectivity index (χ1n) is 11.2. The molecule has 2 aromatic heterocycles. The number of nitrogens with one attached hydrogen (secondary N) is 1. The number of nitrogens with zero attached hydrogens (tertiary/aromatic N) is 4. The predicted molar refractivity (Wildman–Crippen MR) is 142 cm³/mol. The van der Waals surface area contributed by atoms with Crippen molar-refractivity contribution >= 4 is 46.2 Å². The maximum atomic E-state index is 6.42. The van der Waals surface area contributed by atoms with E-state index < -0.39 is 0 Å². The lowest BCUT2D eigenvalue weighted by molar-refractivity contribution is 0.116. The molecular formula is C26H26ClN5O2S. The number of anilines is 2. The van der Waals surface area contributed by atoms with Crippen molar-refractivity contribution in [2.75, 3.05) is 25.5 Å². The van der Waals surface area contributed by atoms with Crippen molar-refractivity contribution in [1.82, 2.24) is 19.9 Å². The van der Waals surface area contributed by atoms with Crippen molar-refractivity contribution < 1.29 is 9.47 Å². The third-order valence-corrected chi connectivity index (χ3v) is 6.48. The SMILES string of the molecule is C#Cc1cc(Nc2ncnc3cccc(OC4CCN(C)CC4)c23)ccc1OCc1cscn1.Cl. The highest BCUT2D eigenvalue weighted by Gasteiger charge is 2.20. The molecule has 0 radical (unpaired) electrons. The molecule has 3 heterocycles. The largest absolute Gasteiger partial charge is 0.489 e. The summed E-state index contributed by atoms with van der Waals surface area (Å²) in [7, 11) is 2.14. The van der Waals surface area contributed by atoms with Gasteiger partial charge in [0.2, 0.25) is 0 Å². The topological polar surface area (TPSA) is 72.4 Å². The number of thiazole rings is 1. The number of piperidine rings is 1. The molecule has 0 aliphatic carbocycles. The molecule has 2 aromatic carbocycles. The number of hydrogen-bond acceptors (Lipinski definition) is 8. The number of terminal acetylenes is 1. The molecule has 4 aromatic rings. The van der Waals surface area contributed by atoms with E-state index in [0.29, 0.717) is 23.7 Å². The van der Waals surface area contributed by atoms with Gasteiger partial charge in [-0.15, -0.1) is 30.2 Å². The Balaban J connectivity index is 0.00000289. The molecule has 1 aliphatic heterocycles. The van der Waals surface area contributed by atoms with Crippen LogP contribution in [-0.2, 0) is 6.61 Å². The Morgan fingerprint density at radius 1 is 1.14 bits per heavy atom. The van der Waals surface area contributed by atoms with Crippen LogP contribution < -0.4 is 14.8 Å². The highest BCUT2D eigenvalue weighted by molar-refractivity contribution is 7.07. The van der Waals surface area contributed by atoms with Crippen LogP contribution in [0.5, 0.6) is 11.5 Å². The number of fused-ring (bicyclic) bond motifs is 1. The van der Waals surface area contributed by atoms with E-state index in [2.05, 4.69) is 38.1 Å². The Kier molecular flexibility index (Phi) is 8.03. The Morgan fingerprint density at radius 2 is 2.00 bits per heavy atom. The van der Waals surface area contributed by atoms with Crippen LogP contribution in [0.4, 0.5) is 11.5 Å². The second-order valence-corrected chi connectivity index (χ2v) is 8.96. The van der Waals surface area contributed by atoms with Crippen molar-refractivity contribution in [2.45, 2.75) is 25.6 Å². The van der Waals surface area contributed by atoms with Crippen LogP contribution in [0.15, 0.2) is 53.6 Å². The molecule has 0 bridgehead atoms. The molecule has 180 valence electrons. The molecule has 1 aliphatic rings. The smallest absolute Gasteiger partial charge is 0.145 e. The molecule has 1 N–H and O–H groups in total. The van der Waals surface area contributed by atoms with E-state index in [1.807, 2.05) is 41.8 Å². The average Bonchev–Trinajstić information content (AvgIpc) is 3.38. The Hall–Kier alpha value is -3.38. The first kappa shape index (κ1) is 24.7. The number of ether oxygens (including phenoxy) is 2. The fourth-order valence-electron chi connectivity index (χ4n) is 4.00. The zero-order chi connectivity index (χ0) is 23.3. The summed E-state index contributed by atoms with van der Waals surface area (Å²) < 4.78 is 12.3. The number of aromatic nitrogens is 3. The van der Waals surface area contributed by atoms with Gasteiger partial charge in [-0.3, -0.25) is 0 Å². The molecule has 0 unspecified atom stereocenters. The summed E-state index contributed by atoms with van der Waals surface area (Å²) in [6.45, 7) is 2.44. The lowest BCUT2D eigenvalue weighted by Gasteiger charge is -2.29. The maximum absolute atomic E-state index is 6.42. The molecule has 0 atom stereocenters. The lowest BCUT2D eigenvalue weighted by atomic mass is 10.1. The summed E-state index contributed by atoms with van der Waals surface area (Å²) in [6, 6.07) is 11.6. The van der Waals surface area contributed by atoms with Gasteiger partial charge < -0.3 is 19.7 Å². The molecule has 1 saturated heterocycles. The van der Waals surface area contributed by atoms with E-state index >= 15 is 0 Å². The number of rotatable bonds is 7. The summed E-state index contributed by atoms with van der Waals surface area (Å²) in [6.07, 6.45) is 9.50. The highest BCUT2D eigenvalue weighted by Crippen LogP contribution is 2.34. The molecule has 9 heteroatoms. The minimum absolute atomic E-state index is 0. The fourth-order valence-corrected chi connectivity index (χ4v) is 4.54. The summed E-state index contributed by atoms with van der Waals surface area (Å²) in [5, 5.41) is 6.21. The van der Waals surface area contributed by atoms with E-state index in [-0.39, 0.29) is 18.5 Å². The van der Waals surface area contributed by atoms with Crippen LogP contribution in [-0.4, -0.2) is 46.1 Å². The third kappa shape index (κ3) is 5.82. The second kappa shape index (κ2) is 11.4. The Labute approximate surface area is 214 Å². The van der Waals surface area contributed by atoms with Crippen molar-refractivity contribution in [3.8, 4) is 23.8 Å². The third-order valence-electron chi connectivity index (χ3n) is 5.84. The van der Waals surface area contributed by atoms with Gasteiger partial charge in [0, 0.05) is 24.2 Å². The van der Waals surface area contributed by atoms with Gasteiger partial charge in [0.15, 0.2) is 0 Å². The first-order valence-corrected chi connectivity index (χ1v) is 12.1. The molecule has 35 heavy (non-hydrogen) atoms. The van der Waals surface area contributed by atoms with Gasteiger partial charge in [-0.2, -0.15) is 0 Å². The normalized spacial score (nSPS) is 14.2. The monoisotopic (exact) mass is 507 g/mol. The van der Waals surface area contributed by atoms with Crippen molar-refractivity contribution in [1.29, 1.82) is 0 Å². The van der Waals surface area contributed by atoms with Crippen LogP contribution in [0.3, 0.4) is 0 Å². The standard InChI is InChI=1S/C26H25N5O2S.ClH/c1-3-18-13-19(7-8-23(18)32-14-20-15-34-17-29-20)30-26-25-22(27-16-28-26)5-4-6-24(25)33-21-9-11-31(2)12-10-21;/h1,4-8,13,15-17,21H,9-12,14H2,2H3,(H,27,28,30);1H. The number of halogens is 1. The number of hydrogen-bond donors (Lipinski definition) is 1. The van der Waals surface area contributed by atoms with Gasteiger partial charge in [0.25, 0.3) is 0 Å². The van der Waals surface area contributed by atoms with Gasteiger partial charge in [-0.1, -0.05) is 12.0 Å². The quantitative estimate of drug-likeness (QED) is 0.341. The molecule has 7 nitrogen and oxygen atoms in total. The van der Waals surface area contributed by atoms with Crippen molar-refractivity contribution in [3.05, 3.63) is 64.9 Å². The van der Waals surface area contributed by atoms with Gasteiger partial charge >= 0.3 is 0 Å². The minimum Gasteiger partial charge on any atom is -0.489 e. The molecule has 0 spiro atoms. The van der Waals surface area contributed by atoms with Crippen LogP contribution in [0.2, 0.25) is 0 Å². The zero-order valence-electron chi connectivity index (χ0n) is 19.3. The molecule has 1 fully saturated rings. The number of benzene rings is 2. The van der Waals surface area contributed by atoms with Gasteiger partial charge in [-0.05, 0) is 50.2 Å². The average molecular weight is 508 g/mol. The van der Waals surface area contributed by atoms with E-state index in [9.17, 15) is 0 Å². The highest BCUT2D eigenvalue weighted by atomic mass is 35.5. The van der Waals surface area contributed by atoms with E-state index in [0.717, 1.165) is 54.0 Å². The van der Waals surface area contributed by atoms with Gasteiger partial charge in [-0.25, -0.2) is 15.0 Å². The first-order chi connectivity index (χ1) is 16.7. The predicted octanol–water partition coefficient (Wildman–Crippen LogP) is 5.29. The summed E-state index contributed by atoms with van der Waals surface area (Å²) in [5.41, 5.74) is 4.94. The molecule has 0 amide bonds. The van der Waals surface area contributed by atoms with E-state index in [4.69, 9.17) is 15.9 Å². The van der Waals surface area contributed by atoms with Gasteiger partial charge in [0.05, 0.1) is 27.7 Å². The summed E-state index contributed by atoms with van der Waals surface area (Å²) in [4.78, 5) is 15.5. The Bertz CT molecular complexity index is 1310. The van der Waals surface area contributed by atoms with Gasteiger partial charge in [0.1, 0.15) is 36.4 Å². The minimum atomic E-state index is 0.